The van der Waals surface area contributed by atoms with Gasteiger partial charge in [-0.3, -0.25) is 4.98 Å². The Hall–Kier alpha value is -1.19. The molecule has 0 unspecified atom stereocenters. The fraction of sp³-hybridized carbons (Fsp3) is 0.357. The van der Waals surface area contributed by atoms with Crippen molar-refractivity contribution >= 4 is 11.3 Å². The zero-order valence-electron chi connectivity index (χ0n) is 10.2. The number of pyridine rings is 1. The van der Waals surface area contributed by atoms with Crippen LogP contribution in [0.5, 0.6) is 0 Å². The molecule has 2 aromatic rings. The van der Waals surface area contributed by atoms with Gasteiger partial charge in [-0.1, -0.05) is 6.07 Å². The maximum atomic E-state index is 4.13. The van der Waals surface area contributed by atoms with Crippen molar-refractivity contribution in [1.82, 2.24) is 9.88 Å². The molecule has 2 nitrogen and oxygen atoms in total. The Morgan fingerprint density at radius 3 is 2.94 bits per heavy atom. The first-order valence-electron chi connectivity index (χ1n) is 5.93. The van der Waals surface area contributed by atoms with Crippen LogP contribution in [0.15, 0.2) is 41.4 Å². The smallest absolute Gasteiger partial charge is 0.0299 e. The number of nitrogens with zero attached hydrogens (tertiary/aromatic N) is 2. The molecule has 0 fully saturated rings. The van der Waals surface area contributed by atoms with E-state index in [1.807, 2.05) is 18.5 Å². The SMILES string of the molecule is CN(CCCc1cccnc1)Cc1ccsc1. The molecular formula is C14H18N2S. The minimum Gasteiger partial charge on any atom is -0.302 e. The van der Waals surface area contributed by atoms with E-state index in [0.29, 0.717) is 0 Å². The number of aryl methyl sites for hydroxylation is 1. The fourth-order valence-corrected chi connectivity index (χ4v) is 2.53. The summed E-state index contributed by atoms with van der Waals surface area (Å²) < 4.78 is 0. The second-order valence-corrected chi connectivity index (χ2v) is 5.11. The van der Waals surface area contributed by atoms with Gasteiger partial charge in [0.25, 0.3) is 0 Å². The molecule has 0 spiro atoms. The Morgan fingerprint density at radius 2 is 2.24 bits per heavy atom. The van der Waals surface area contributed by atoms with Crippen LogP contribution in [0, 0.1) is 0 Å². The van der Waals surface area contributed by atoms with E-state index in [1.54, 1.807) is 11.3 Å². The number of hydrogen-bond acceptors (Lipinski definition) is 3. The largest absolute Gasteiger partial charge is 0.302 e. The zero-order chi connectivity index (χ0) is 11.9. The van der Waals surface area contributed by atoms with E-state index < -0.39 is 0 Å². The van der Waals surface area contributed by atoms with Crippen molar-refractivity contribution in [3.8, 4) is 0 Å². The van der Waals surface area contributed by atoms with Crippen LogP contribution in [0.3, 0.4) is 0 Å². The van der Waals surface area contributed by atoms with Gasteiger partial charge in [0.2, 0.25) is 0 Å². The molecule has 0 aliphatic rings. The van der Waals surface area contributed by atoms with Gasteiger partial charge in [0.05, 0.1) is 0 Å². The lowest BCUT2D eigenvalue weighted by atomic mass is 10.1. The van der Waals surface area contributed by atoms with Crippen LogP contribution in [0.25, 0.3) is 0 Å². The summed E-state index contributed by atoms with van der Waals surface area (Å²) in [5.41, 5.74) is 2.75. The van der Waals surface area contributed by atoms with E-state index in [-0.39, 0.29) is 0 Å². The number of aromatic nitrogens is 1. The molecule has 0 aliphatic heterocycles. The molecule has 0 N–H and O–H groups in total. The van der Waals surface area contributed by atoms with Gasteiger partial charge in [-0.05, 0) is 60.5 Å². The number of hydrogen-bond donors (Lipinski definition) is 0. The molecule has 0 radical (unpaired) electrons. The first-order chi connectivity index (χ1) is 8.34. The van der Waals surface area contributed by atoms with E-state index >= 15 is 0 Å². The Morgan fingerprint density at radius 1 is 1.29 bits per heavy atom. The standard InChI is InChI=1S/C14H18N2S/c1-16(11-14-6-9-17-12-14)8-3-5-13-4-2-7-15-10-13/h2,4,6-7,9-10,12H,3,5,8,11H2,1H3. The zero-order valence-corrected chi connectivity index (χ0v) is 11.0. The van der Waals surface area contributed by atoms with Crippen LogP contribution < -0.4 is 0 Å². The quantitative estimate of drug-likeness (QED) is 0.778. The summed E-state index contributed by atoms with van der Waals surface area (Å²) in [5.74, 6) is 0. The highest BCUT2D eigenvalue weighted by atomic mass is 32.1. The van der Waals surface area contributed by atoms with Crippen molar-refractivity contribution in [1.29, 1.82) is 0 Å². The molecular weight excluding hydrogens is 228 g/mol. The Kier molecular flexibility index (Phi) is 4.71. The molecule has 0 amide bonds. The second kappa shape index (κ2) is 6.52. The third-order valence-electron chi connectivity index (χ3n) is 2.76. The highest BCUT2D eigenvalue weighted by molar-refractivity contribution is 7.07. The molecule has 0 bridgehead atoms. The van der Waals surface area contributed by atoms with Crippen molar-refractivity contribution < 1.29 is 0 Å². The number of rotatable bonds is 6. The van der Waals surface area contributed by atoms with Crippen molar-refractivity contribution in [2.24, 2.45) is 0 Å². The van der Waals surface area contributed by atoms with Crippen LogP contribution in [0.4, 0.5) is 0 Å². The predicted octanol–water partition coefficient (Wildman–Crippen LogP) is 3.21. The molecule has 0 aromatic carbocycles. The maximum Gasteiger partial charge on any atom is 0.0299 e. The minimum atomic E-state index is 1.05. The molecule has 0 atom stereocenters. The normalized spacial score (nSPS) is 10.9. The Labute approximate surface area is 107 Å². The molecule has 2 heterocycles. The summed E-state index contributed by atoms with van der Waals surface area (Å²) in [5, 5.41) is 4.36. The van der Waals surface area contributed by atoms with Gasteiger partial charge in [-0.2, -0.15) is 11.3 Å². The first-order valence-corrected chi connectivity index (χ1v) is 6.87. The molecule has 90 valence electrons. The van der Waals surface area contributed by atoms with E-state index in [0.717, 1.165) is 19.5 Å². The van der Waals surface area contributed by atoms with Crippen molar-refractivity contribution in [3.05, 3.63) is 52.5 Å². The summed E-state index contributed by atoms with van der Waals surface area (Å²) >= 11 is 1.77. The van der Waals surface area contributed by atoms with Gasteiger partial charge in [-0.25, -0.2) is 0 Å². The third-order valence-corrected chi connectivity index (χ3v) is 3.49. The lowest BCUT2D eigenvalue weighted by Crippen LogP contribution is -2.19. The molecule has 17 heavy (non-hydrogen) atoms. The lowest BCUT2D eigenvalue weighted by molar-refractivity contribution is 0.322. The summed E-state index contributed by atoms with van der Waals surface area (Å²) in [7, 11) is 2.18. The first kappa shape index (κ1) is 12.3. The third kappa shape index (κ3) is 4.29. The van der Waals surface area contributed by atoms with Crippen LogP contribution >= 0.6 is 11.3 Å². The van der Waals surface area contributed by atoms with Gasteiger partial charge in [0, 0.05) is 18.9 Å². The van der Waals surface area contributed by atoms with Crippen molar-refractivity contribution in [3.63, 3.8) is 0 Å². The summed E-state index contributed by atoms with van der Waals surface area (Å²) in [4.78, 5) is 6.50. The molecule has 0 aliphatic carbocycles. The second-order valence-electron chi connectivity index (χ2n) is 4.33. The molecule has 0 saturated heterocycles. The molecule has 2 aromatic heterocycles. The van der Waals surface area contributed by atoms with Crippen LogP contribution in [0.1, 0.15) is 17.5 Å². The molecule has 0 saturated carbocycles. The van der Waals surface area contributed by atoms with Crippen molar-refractivity contribution in [2.45, 2.75) is 19.4 Å². The van der Waals surface area contributed by atoms with Crippen molar-refractivity contribution in [2.75, 3.05) is 13.6 Å². The minimum absolute atomic E-state index is 1.05. The Bertz CT molecular complexity index is 411. The summed E-state index contributed by atoms with van der Waals surface area (Å²) in [6, 6.07) is 6.35. The monoisotopic (exact) mass is 246 g/mol. The van der Waals surface area contributed by atoms with Crippen LogP contribution in [-0.4, -0.2) is 23.5 Å². The van der Waals surface area contributed by atoms with Gasteiger partial charge >= 0.3 is 0 Å². The highest BCUT2D eigenvalue weighted by Crippen LogP contribution is 2.09. The van der Waals surface area contributed by atoms with Gasteiger partial charge < -0.3 is 4.90 Å². The van der Waals surface area contributed by atoms with Crippen LogP contribution in [-0.2, 0) is 13.0 Å². The molecule has 2 rings (SSSR count). The Balaban J connectivity index is 1.68. The average Bonchev–Trinajstić information content (AvgIpc) is 2.83. The fourth-order valence-electron chi connectivity index (χ4n) is 1.87. The van der Waals surface area contributed by atoms with Gasteiger partial charge in [-0.15, -0.1) is 0 Å². The van der Waals surface area contributed by atoms with E-state index in [9.17, 15) is 0 Å². The van der Waals surface area contributed by atoms with E-state index in [4.69, 9.17) is 0 Å². The van der Waals surface area contributed by atoms with Gasteiger partial charge in [0.15, 0.2) is 0 Å². The van der Waals surface area contributed by atoms with E-state index in [2.05, 4.69) is 39.8 Å². The van der Waals surface area contributed by atoms with E-state index in [1.165, 1.54) is 17.5 Å². The summed E-state index contributed by atoms with van der Waals surface area (Å²) in [6.45, 7) is 2.18. The van der Waals surface area contributed by atoms with Gasteiger partial charge in [0.1, 0.15) is 0 Å². The number of thiophene rings is 1. The lowest BCUT2D eigenvalue weighted by Gasteiger charge is -2.15. The maximum absolute atomic E-state index is 4.13. The topological polar surface area (TPSA) is 16.1 Å². The average molecular weight is 246 g/mol. The van der Waals surface area contributed by atoms with Crippen LogP contribution in [0.2, 0.25) is 0 Å². The highest BCUT2D eigenvalue weighted by Gasteiger charge is 2.01. The summed E-state index contributed by atoms with van der Waals surface area (Å²) in [6.07, 6.45) is 6.08. The predicted molar refractivity (Wildman–Crippen MR) is 73.2 cm³/mol. The molecule has 3 heteroatoms.